The molecule has 9 nitrogen and oxygen atoms in total. The van der Waals surface area contributed by atoms with E-state index in [0.717, 1.165) is 5.56 Å². The Morgan fingerprint density at radius 3 is 2.67 bits per heavy atom. The molecule has 2 aromatic heterocycles. The molecular weight excluding hydrogens is 348 g/mol. The van der Waals surface area contributed by atoms with E-state index in [-0.39, 0.29) is 11.6 Å². The van der Waals surface area contributed by atoms with Gasteiger partial charge in [-0.1, -0.05) is 17.3 Å². The fraction of sp³-hybridized carbons (Fsp3) is 0.167. The van der Waals surface area contributed by atoms with Crippen LogP contribution in [-0.4, -0.2) is 32.5 Å². The summed E-state index contributed by atoms with van der Waals surface area (Å²) in [4.78, 5) is 24.2. The van der Waals surface area contributed by atoms with Crippen LogP contribution in [0.1, 0.15) is 39.2 Å². The summed E-state index contributed by atoms with van der Waals surface area (Å²) in [5, 5.41) is 14.5. The van der Waals surface area contributed by atoms with Crippen molar-refractivity contribution in [2.45, 2.75) is 13.8 Å². The lowest BCUT2D eigenvalue weighted by Crippen LogP contribution is -2.19. The molecular formula is C18H18N6O3. The van der Waals surface area contributed by atoms with Gasteiger partial charge in [0.1, 0.15) is 11.5 Å². The Hall–Kier alpha value is -3.75. The van der Waals surface area contributed by atoms with E-state index in [2.05, 4.69) is 26.1 Å². The molecule has 0 unspecified atom stereocenters. The number of aryl methyl sites for hydroxylation is 2. The van der Waals surface area contributed by atoms with Crippen molar-refractivity contribution < 1.29 is 14.1 Å². The molecule has 0 saturated heterocycles. The molecule has 138 valence electrons. The Labute approximate surface area is 155 Å². The summed E-state index contributed by atoms with van der Waals surface area (Å²) < 4.78 is 6.36. The van der Waals surface area contributed by atoms with Crippen molar-refractivity contribution in [3.8, 4) is 0 Å². The molecule has 2 amide bonds. The van der Waals surface area contributed by atoms with Gasteiger partial charge < -0.3 is 9.84 Å². The largest absolute Gasteiger partial charge is 0.361 e. The standard InChI is InChI=1S/C18H18N6O3/c1-11-9-15(23-27-11)17(25)22-21-12(2)13-5-4-6-14(10-13)20-18(26)16-7-8-19-24(16)3/h4-10H,1-3H3,(H,20,26)(H,22,25)/b21-12+. The molecule has 0 bridgehead atoms. The molecule has 0 radical (unpaired) electrons. The van der Waals surface area contributed by atoms with Crippen molar-refractivity contribution in [3.05, 3.63) is 65.3 Å². The molecule has 1 aromatic carbocycles. The Morgan fingerprint density at radius 1 is 1.19 bits per heavy atom. The van der Waals surface area contributed by atoms with E-state index < -0.39 is 5.91 Å². The van der Waals surface area contributed by atoms with Gasteiger partial charge in [-0.15, -0.1) is 0 Å². The van der Waals surface area contributed by atoms with Crippen LogP contribution in [0.3, 0.4) is 0 Å². The number of carbonyl (C=O) groups excluding carboxylic acids is 2. The second-order valence-electron chi connectivity index (χ2n) is 5.84. The normalized spacial score (nSPS) is 11.3. The lowest BCUT2D eigenvalue weighted by atomic mass is 10.1. The fourth-order valence-electron chi connectivity index (χ4n) is 2.34. The maximum absolute atomic E-state index is 12.3. The predicted molar refractivity (Wildman–Crippen MR) is 98.5 cm³/mol. The summed E-state index contributed by atoms with van der Waals surface area (Å²) in [5.74, 6) is -0.193. The number of rotatable bonds is 5. The van der Waals surface area contributed by atoms with Crippen LogP contribution >= 0.6 is 0 Å². The summed E-state index contributed by atoms with van der Waals surface area (Å²) in [5.41, 5.74) is 4.95. The van der Waals surface area contributed by atoms with E-state index in [1.165, 1.54) is 10.7 Å². The smallest absolute Gasteiger partial charge is 0.293 e. The predicted octanol–water partition coefficient (Wildman–Crippen LogP) is 2.12. The number of benzene rings is 1. The first-order chi connectivity index (χ1) is 12.9. The van der Waals surface area contributed by atoms with Crippen molar-refractivity contribution in [2.24, 2.45) is 12.1 Å². The van der Waals surface area contributed by atoms with Gasteiger partial charge in [-0.2, -0.15) is 10.2 Å². The van der Waals surface area contributed by atoms with Gasteiger partial charge in [0.15, 0.2) is 5.69 Å². The van der Waals surface area contributed by atoms with Crippen molar-refractivity contribution >= 4 is 23.2 Å². The average Bonchev–Trinajstić information content (AvgIpc) is 3.28. The number of hydrazone groups is 1. The third-order valence-corrected chi connectivity index (χ3v) is 3.78. The van der Waals surface area contributed by atoms with Gasteiger partial charge in [-0.3, -0.25) is 14.3 Å². The number of aromatic nitrogens is 3. The van der Waals surface area contributed by atoms with Gasteiger partial charge in [0, 0.05) is 25.0 Å². The molecule has 27 heavy (non-hydrogen) atoms. The highest BCUT2D eigenvalue weighted by Gasteiger charge is 2.12. The lowest BCUT2D eigenvalue weighted by Gasteiger charge is -2.08. The zero-order chi connectivity index (χ0) is 19.4. The topological polar surface area (TPSA) is 114 Å². The highest BCUT2D eigenvalue weighted by atomic mass is 16.5. The number of nitrogens with one attached hydrogen (secondary N) is 2. The highest BCUT2D eigenvalue weighted by molar-refractivity contribution is 6.05. The summed E-state index contributed by atoms with van der Waals surface area (Å²) in [6.07, 6.45) is 1.56. The Balaban J connectivity index is 1.69. The third kappa shape index (κ3) is 4.27. The number of hydrogen-bond donors (Lipinski definition) is 2. The maximum atomic E-state index is 12.3. The summed E-state index contributed by atoms with van der Waals surface area (Å²) in [6, 6.07) is 10.3. The molecule has 3 aromatic rings. The van der Waals surface area contributed by atoms with E-state index in [4.69, 9.17) is 4.52 Å². The minimum Gasteiger partial charge on any atom is -0.361 e. The van der Waals surface area contributed by atoms with Crippen LogP contribution in [0.25, 0.3) is 0 Å². The first-order valence-corrected chi connectivity index (χ1v) is 8.12. The minimum atomic E-state index is -0.466. The third-order valence-electron chi connectivity index (χ3n) is 3.78. The van der Waals surface area contributed by atoms with Gasteiger partial charge in [0.05, 0.1) is 5.71 Å². The Bertz CT molecular complexity index is 1020. The molecule has 3 rings (SSSR count). The van der Waals surface area contributed by atoms with E-state index in [0.29, 0.717) is 22.9 Å². The lowest BCUT2D eigenvalue weighted by molar-refractivity contribution is 0.0945. The molecule has 0 atom stereocenters. The summed E-state index contributed by atoms with van der Waals surface area (Å²) >= 11 is 0. The quantitative estimate of drug-likeness (QED) is 0.530. The first-order valence-electron chi connectivity index (χ1n) is 8.12. The number of hydrogen-bond acceptors (Lipinski definition) is 6. The monoisotopic (exact) mass is 366 g/mol. The van der Waals surface area contributed by atoms with Gasteiger partial charge in [-0.25, -0.2) is 5.43 Å². The van der Waals surface area contributed by atoms with Crippen LogP contribution < -0.4 is 10.7 Å². The van der Waals surface area contributed by atoms with E-state index in [1.54, 1.807) is 51.4 Å². The number of amides is 2. The summed E-state index contributed by atoms with van der Waals surface area (Å²) in [6.45, 7) is 3.44. The van der Waals surface area contributed by atoms with Crippen LogP contribution in [0.4, 0.5) is 5.69 Å². The van der Waals surface area contributed by atoms with Crippen LogP contribution in [0, 0.1) is 6.92 Å². The van der Waals surface area contributed by atoms with Gasteiger partial charge in [0.2, 0.25) is 0 Å². The minimum absolute atomic E-state index is 0.154. The fourth-order valence-corrected chi connectivity index (χ4v) is 2.34. The number of nitrogens with zero attached hydrogens (tertiary/aromatic N) is 4. The molecule has 2 heterocycles. The second-order valence-corrected chi connectivity index (χ2v) is 5.84. The molecule has 0 saturated carbocycles. The SMILES string of the molecule is C/C(=N\NC(=O)c1cc(C)on1)c1cccc(NC(=O)c2ccnn2C)c1. The van der Waals surface area contributed by atoms with E-state index in [1.807, 2.05) is 6.07 Å². The molecule has 9 heteroatoms. The van der Waals surface area contributed by atoms with Gasteiger partial charge in [-0.05, 0) is 37.6 Å². The molecule has 0 aliphatic rings. The zero-order valence-corrected chi connectivity index (χ0v) is 15.1. The van der Waals surface area contributed by atoms with Crippen molar-refractivity contribution in [2.75, 3.05) is 5.32 Å². The molecule has 0 fully saturated rings. The van der Waals surface area contributed by atoms with Gasteiger partial charge in [0.25, 0.3) is 11.8 Å². The van der Waals surface area contributed by atoms with E-state index in [9.17, 15) is 9.59 Å². The van der Waals surface area contributed by atoms with Crippen LogP contribution in [0.5, 0.6) is 0 Å². The second kappa shape index (κ2) is 7.65. The molecule has 2 N–H and O–H groups in total. The average molecular weight is 366 g/mol. The molecule has 0 spiro atoms. The van der Waals surface area contributed by atoms with Crippen LogP contribution in [0.15, 0.2) is 52.2 Å². The molecule has 0 aliphatic carbocycles. The van der Waals surface area contributed by atoms with E-state index >= 15 is 0 Å². The van der Waals surface area contributed by atoms with Crippen LogP contribution in [-0.2, 0) is 7.05 Å². The van der Waals surface area contributed by atoms with Crippen molar-refractivity contribution in [1.82, 2.24) is 20.4 Å². The Kier molecular flexibility index (Phi) is 5.11. The van der Waals surface area contributed by atoms with Crippen LogP contribution in [0.2, 0.25) is 0 Å². The number of carbonyl (C=O) groups is 2. The number of anilines is 1. The maximum Gasteiger partial charge on any atom is 0.293 e. The summed E-state index contributed by atoms with van der Waals surface area (Å²) in [7, 11) is 1.70. The van der Waals surface area contributed by atoms with Crippen molar-refractivity contribution in [1.29, 1.82) is 0 Å². The zero-order valence-electron chi connectivity index (χ0n) is 15.1. The Morgan fingerprint density at radius 2 is 2.00 bits per heavy atom. The first kappa shape index (κ1) is 18.1. The highest BCUT2D eigenvalue weighted by Crippen LogP contribution is 2.13. The van der Waals surface area contributed by atoms with Gasteiger partial charge >= 0.3 is 0 Å². The van der Waals surface area contributed by atoms with Crippen molar-refractivity contribution in [3.63, 3.8) is 0 Å². The molecule has 0 aliphatic heterocycles.